The molecule has 5 aliphatic heterocycles. The predicted molar refractivity (Wildman–Crippen MR) is 228 cm³/mol. The Morgan fingerprint density at radius 3 is 2.42 bits per heavy atom. The number of hydrogen-bond donors (Lipinski definition) is 2. The Hall–Kier alpha value is -6.37. The second kappa shape index (κ2) is 17.3. The molecule has 4 aromatic rings. The first kappa shape index (κ1) is 42.9. The van der Waals surface area contributed by atoms with Gasteiger partial charge in [0, 0.05) is 88.3 Å². The van der Waals surface area contributed by atoms with Gasteiger partial charge < -0.3 is 24.8 Å². The van der Waals surface area contributed by atoms with Crippen LogP contribution in [-0.2, 0) is 28.0 Å². The lowest BCUT2D eigenvalue weighted by Crippen LogP contribution is -2.58. The van der Waals surface area contributed by atoms with E-state index in [0.29, 0.717) is 76.1 Å². The number of anilines is 3. The van der Waals surface area contributed by atoms with Crippen LogP contribution >= 0.6 is 0 Å². The Morgan fingerprint density at radius 2 is 1.70 bits per heavy atom. The van der Waals surface area contributed by atoms with Gasteiger partial charge in [0.25, 0.3) is 12.3 Å². The summed E-state index contributed by atoms with van der Waals surface area (Å²) in [5.41, 5.74) is 3.01. The Labute approximate surface area is 366 Å². The topological polar surface area (TPSA) is 158 Å². The first-order valence-corrected chi connectivity index (χ1v) is 21.6. The number of nitrogens with one attached hydrogen (secondary N) is 2. The molecule has 336 valence electrons. The third-order valence-corrected chi connectivity index (χ3v) is 12.7. The highest BCUT2D eigenvalue weighted by Gasteiger charge is 2.39. The van der Waals surface area contributed by atoms with Gasteiger partial charge in [-0.15, -0.1) is 0 Å². The number of piperazine rings is 1. The number of nitrogens with zero attached hydrogens (tertiary/aromatic N) is 8. The molecule has 2 N–H and O–H groups in total. The molecule has 7 heterocycles. The molecule has 2 aromatic carbocycles. The van der Waals surface area contributed by atoms with Crippen molar-refractivity contribution in [3.8, 4) is 17.1 Å². The van der Waals surface area contributed by atoms with Gasteiger partial charge in [-0.1, -0.05) is 13.0 Å². The Balaban J connectivity index is 0.845. The highest BCUT2D eigenvalue weighted by molar-refractivity contribution is 6.19. The van der Waals surface area contributed by atoms with Gasteiger partial charge in [-0.25, -0.2) is 22.2 Å². The number of guanidine groups is 1. The summed E-state index contributed by atoms with van der Waals surface area (Å²) in [6.45, 7) is 8.19. The molecule has 2 aromatic heterocycles. The molecular weight excluding hydrogens is 837 g/mol. The fraction of sp³-hybridized carbons (Fsp3) is 0.444. The van der Waals surface area contributed by atoms with E-state index in [0.717, 1.165) is 23.4 Å². The SMILES string of the molecule is Cc1cc2cc(n1)-c1c(C(F)F)nn(C)c1OCCC[C@@H](C)CN1/C(=N/C2=O)Nc2ccc(CN3CCN(C(=O)C4CN(c5cc(F)c([C@H]6CCC(=O)NC6=O)c(F)c5)C4)CC3)cc21. The monoisotopic (exact) mass is 884 g/mol. The van der Waals surface area contributed by atoms with E-state index in [2.05, 4.69) is 43.6 Å². The predicted octanol–water partition coefficient (Wildman–Crippen LogP) is 5.54. The molecule has 3 saturated heterocycles. The van der Waals surface area contributed by atoms with Crippen molar-refractivity contribution in [2.75, 3.05) is 67.5 Å². The first-order chi connectivity index (χ1) is 30.7. The molecule has 5 aliphatic rings. The molecule has 0 unspecified atom stereocenters. The van der Waals surface area contributed by atoms with E-state index in [9.17, 15) is 28.0 Å². The van der Waals surface area contributed by atoms with Crippen LogP contribution < -0.4 is 25.2 Å². The van der Waals surface area contributed by atoms with Gasteiger partial charge in [-0.05, 0) is 74.1 Å². The summed E-state index contributed by atoms with van der Waals surface area (Å²) in [4.78, 5) is 68.1. The second-order valence-electron chi connectivity index (χ2n) is 17.3. The maximum Gasteiger partial charge on any atom is 0.282 e. The van der Waals surface area contributed by atoms with E-state index in [1.54, 1.807) is 24.9 Å². The van der Waals surface area contributed by atoms with Crippen molar-refractivity contribution < 1.29 is 41.5 Å². The van der Waals surface area contributed by atoms with Gasteiger partial charge in [0.05, 0.1) is 41.1 Å². The lowest BCUT2D eigenvalue weighted by atomic mass is 9.89. The van der Waals surface area contributed by atoms with Crippen molar-refractivity contribution in [3.05, 3.63) is 82.2 Å². The molecule has 3 fully saturated rings. The van der Waals surface area contributed by atoms with Crippen LogP contribution in [0.4, 0.5) is 34.6 Å². The van der Waals surface area contributed by atoms with E-state index in [1.807, 2.05) is 21.9 Å². The molecule has 2 bridgehead atoms. The summed E-state index contributed by atoms with van der Waals surface area (Å²) in [5.74, 6) is -4.20. The summed E-state index contributed by atoms with van der Waals surface area (Å²) in [7, 11) is 1.54. The fourth-order valence-corrected chi connectivity index (χ4v) is 9.30. The highest BCUT2D eigenvalue weighted by atomic mass is 19.3. The third kappa shape index (κ3) is 8.39. The average molecular weight is 885 g/mol. The number of piperidine rings is 1. The maximum atomic E-state index is 15.2. The molecule has 9 rings (SSSR count). The van der Waals surface area contributed by atoms with Gasteiger partial charge in [-0.3, -0.25) is 34.4 Å². The standard InChI is InChI=1S/C45H48F4N10O5/c1-24-5-4-14-64-44-38(39(40(48)49)54-55(44)3)34-17-27(15-25(2)50-34)41(61)53-45-51-33-8-6-26(16-35(33)59(45)20-24)21-56-10-12-57(13-11-56)43(63)28-22-58(23-28)29-18-31(46)37(32(47)19-29)30-7-9-36(60)52-42(30)62/h6,8,15-19,24,28,30,40H,4-5,7,9-14,20-23H2,1-3H3,(H,51,53,61)(H,52,60,62)/t24-,30-/m1/s1. The number of carbonyl (C=O) groups excluding carboxylic acids is 4. The number of aryl methyl sites for hydroxylation is 2. The number of ether oxygens (including phenoxy) is 1. The second-order valence-corrected chi connectivity index (χ2v) is 17.3. The number of rotatable bonds is 6. The van der Waals surface area contributed by atoms with Crippen LogP contribution in [-0.4, -0.2) is 107 Å². The van der Waals surface area contributed by atoms with E-state index in [4.69, 9.17) is 4.74 Å². The van der Waals surface area contributed by atoms with Gasteiger partial charge >= 0.3 is 0 Å². The molecule has 64 heavy (non-hydrogen) atoms. The minimum atomic E-state index is -2.89. The van der Waals surface area contributed by atoms with Crippen molar-refractivity contribution in [2.24, 2.45) is 23.9 Å². The van der Waals surface area contributed by atoms with Gasteiger partial charge in [0.2, 0.25) is 29.6 Å². The number of amides is 4. The molecule has 0 saturated carbocycles. The van der Waals surface area contributed by atoms with E-state index in [1.165, 1.54) is 22.9 Å². The number of imide groups is 1. The largest absolute Gasteiger partial charge is 0.477 e. The number of benzene rings is 2. The molecule has 2 atom stereocenters. The van der Waals surface area contributed by atoms with Crippen molar-refractivity contribution in [2.45, 2.75) is 58.4 Å². The molecule has 0 aliphatic carbocycles. The van der Waals surface area contributed by atoms with Crippen LogP contribution in [0.25, 0.3) is 11.3 Å². The normalized spacial score (nSPS) is 21.7. The van der Waals surface area contributed by atoms with Crippen LogP contribution in [0, 0.1) is 30.4 Å². The van der Waals surface area contributed by atoms with E-state index in [-0.39, 0.29) is 65.5 Å². The van der Waals surface area contributed by atoms with Crippen LogP contribution in [0.15, 0.2) is 47.5 Å². The number of carbonyl (C=O) groups is 4. The highest BCUT2D eigenvalue weighted by Crippen LogP contribution is 2.40. The fourth-order valence-electron chi connectivity index (χ4n) is 9.30. The van der Waals surface area contributed by atoms with Crippen molar-refractivity contribution in [3.63, 3.8) is 0 Å². The number of hydrogen-bond acceptors (Lipinski definition) is 11. The van der Waals surface area contributed by atoms with Crippen LogP contribution in [0.2, 0.25) is 0 Å². The van der Waals surface area contributed by atoms with Gasteiger partial charge in [-0.2, -0.15) is 10.1 Å². The number of pyridine rings is 1. The smallest absolute Gasteiger partial charge is 0.282 e. The van der Waals surface area contributed by atoms with Crippen LogP contribution in [0.3, 0.4) is 0 Å². The van der Waals surface area contributed by atoms with Crippen molar-refractivity contribution in [1.29, 1.82) is 0 Å². The molecule has 19 heteroatoms. The minimum absolute atomic E-state index is 0.00230. The summed E-state index contributed by atoms with van der Waals surface area (Å²) in [5, 5.41) is 9.51. The molecule has 0 spiro atoms. The van der Waals surface area contributed by atoms with Crippen molar-refractivity contribution >= 4 is 46.7 Å². The van der Waals surface area contributed by atoms with Gasteiger partial charge in [0.15, 0.2) is 0 Å². The quantitative estimate of drug-likeness (QED) is 0.185. The number of halogens is 4. The Bertz CT molecular complexity index is 2550. The average Bonchev–Trinajstić information content (AvgIpc) is 3.74. The summed E-state index contributed by atoms with van der Waals surface area (Å²) < 4.78 is 66.2. The number of aliphatic imine (C=N–C) groups is 1. The summed E-state index contributed by atoms with van der Waals surface area (Å²) in [6, 6.07) is 11.5. The van der Waals surface area contributed by atoms with Crippen molar-refractivity contribution in [1.82, 2.24) is 29.9 Å². The Kier molecular flexibility index (Phi) is 11.6. The van der Waals surface area contributed by atoms with E-state index >= 15 is 8.78 Å². The van der Waals surface area contributed by atoms with Gasteiger partial charge in [0.1, 0.15) is 17.3 Å². The zero-order valence-electron chi connectivity index (χ0n) is 35.7. The number of alkyl halides is 2. The zero-order chi connectivity index (χ0) is 45.0. The number of aromatic nitrogens is 3. The number of fused-ring (bicyclic) bond motifs is 7. The molecular formula is C45H48F4N10O5. The van der Waals surface area contributed by atoms with Crippen LogP contribution in [0.5, 0.6) is 5.88 Å². The lowest BCUT2D eigenvalue weighted by Gasteiger charge is -2.44. The molecule has 4 amide bonds. The first-order valence-electron chi connectivity index (χ1n) is 21.6. The minimum Gasteiger partial charge on any atom is -0.477 e. The summed E-state index contributed by atoms with van der Waals surface area (Å²) >= 11 is 0. The van der Waals surface area contributed by atoms with E-state index < -0.39 is 47.4 Å². The maximum absolute atomic E-state index is 15.2. The lowest BCUT2D eigenvalue weighted by molar-refractivity contribution is -0.138. The van der Waals surface area contributed by atoms with Crippen LogP contribution in [0.1, 0.15) is 77.8 Å². The zero-order valence-corrected chi connectivity index (χ0v) is 35.7. The summed E-state index contributed by atoms with van der Waals surface area (Å²) in [6.07, 6.45) is -1.47. The molecule has 15 nitrogen and oxygen atoms in total. The Morgan fingerprint density at radius 1 is 0.953 bits per heavy atom. The third-order valence-electron chi connectivity index (χ3n) is 12.7. The molecule has 0 radical (unpaired) electrons.